The number of piperazine rings is 1. The molecule has 1 aliphatic heterocycles. The van der Waals surface area contributed by atoms with E-state index in [9.17, 15) is 4.79 Å². The molecule has 0 unspecified atom stereocenters. The van der Waals surface area contributed by atoms with Gasteiger partial charge in [0.05, 0.1) is 0 Å². The third-order valence-corrected chi connectivity index (χ3v) is 5.32. The van der Waals surface area contributed by atoms with E-state index in [2.05, 4.69) is 20.1 Å². The minimum atomic E-state index is 0.00131. The topological polar surface area (TPSA) is 101 Å². The second kappa shape index (κ2) is 7.82. The Kier molecular flexibility index (Phi) is 4.85. The molecule has 5 rings (SSSR count). The van der Waals surface area contributed by atoms with E-state index in [-0.39, 0.29) is 11.8 Å². The van der Waals surface area contributed by atoms with Gasteiger partial charge in [-0.2, -0.15) is 9.97 Å². The summed E-state index contributed by atoms with van der Waals surface area (Å²) in [6.07, 6.45) is 1.68. The van der Waals surface area contributed by atoms with Gasteiger partial charge in [-0.05, 0) is 24.3 Å². The molecule has 3 aromatic heterocycles. The fourth-order valence-electron chi connectivity index (χ4n) is 3.53. The van der Waals surface area contributed by atoms with Crippen LogP contribution in [0.2, 0.25) is 0 Å². The van der Waals surface area contributed by atoms with E-state index in [0.717, 1.165) is 11.1 Å². The molecular weight excluding hydrogens is 396 g/mol. The van der Waals surface area contributed by atoms with Gasteiger partial charge in [0.25, 0.3) is 11.9 Å². The van der Waals surface area contributed by atoms with Gasteiger partial charge in [-0.3, -0.25) is 4.79 Å². The highest BCUT2D eigenvalue weighted by atomic mass is 16.5. The number of benzene rings is 1. The third kappa shape index (κ3) is 3.74. The van der Waals surface area contributed by atoms with Gasteiger partial charge in [0, 0.05) is 49.4 Å². The number of oxazole rings is 1. The summed E-state index contributed by atoms with van der Waals surface area (Å²) in [4.78, 5) is 29.9. The largest absolute Gasteiger partial charge is 0.404 e. The Bertz CT molecular complexity index is 1170. The highest BCUT2D eigenvalue weighted by molar-refractivity contribution is 5.94. The fraction of sp³-hybridized carbons (Fsp3) is 0.318. The first kappa shape index (κ1) is 19.2. The highest BCUT2D eigenvalue weighted by Gasteiger charge is 2.25. The van der Waals surface area contributed by atoms with Gasteiger partial charge in [-0.25, -0.2) is 4.98 Å². The van der Waals surface area contributed by atoms with Crippen LogP contribution >= 0.6 is 0 Å². The van der Waals surface area contributed by atoms with Crippen LogP contribution in [0.4, 0.5) is 6.01 Å². The minimum absolute atomic E-state index is 0.00131. The van der Waals surface area contributed by atoms with Crippen molar-refractivity contribution in [2.24, 2.45) is 0 Å². The first-order valence-corrected chi connectivity index (χ1v) is 10.3. The van der Waals surface area contributed by atoms with Crippen molar-refractivity contribution in [1.29, 1.82) is 0 Å². The van der Waals surface area contributed by atoms with Crippen LogP contribution in [0.3, 0.4) is 0 Å². The molecule has 1 saturated heterocycles. The van der Waals surface area contributed by atoms with Crippen molar-refractivity contribution >= 4 is 23.2 Å². The number of hydrogen-bond acceptors (Lipinski definition) is 8. The highest BCUT2D eigenvalue weighted by Crippen LogP contribution is 2.23. The van der Waals surface area contributed by atoms with Gasteiger partial charge in [0.1, 0.15) is 5.52 Å². The lowest BCUT2D eigenvalue weighted by Gasteiger charge is -2.33. The summed E-state index contributed by atoms with van der Waals surface area (Å²) < 4.78 is 11.0. The summed E-state index contributed by atoms with van der Waals surface area (Å²) in [6.45, 7) is 6.49. The maximum atomic E-state index is 12.9. The maximum Gasteiger partial charge on any atom is 0.299 e. The Hall–Kier alpha value is -3.75. The molecule has 0 atom stereocenters. The van der Waals surface area contributed by atoms with Crippen molar-refractivity contribution in [2.45, 2.75) is 19.8 Å². The van der Waals surface area contributed by atoms with E-state index in [1.165, 1.54) is 0 Å². The zero-order valence-corrected chi connectivity index (χ0v) is 17.4. The van der Waals surface area contributed by atoms with E-state index in [0.29, 0.717) is 55.2 Å². The van der Waals surface area contributed by atoms with Crippen LogP contribution in [0.1, 0.15) is 36.0 Å². The summed E-state index contributed by atoms with van der Waals surface area (Å²) in [5, 5.41) is 4.02. The van der Waals surface area contributed by atoms with Gasteiger partial charge < -0.3 is 18.7 Å². The quantitative estimate of drug-likeness (QED) is 0.497. The van der Waals surface area contributed by atoms with Crippen molar-refractivity contribution in [3.8, 4) is 11.4 Å². The second-order valence-corrected chi connectivity index (χ2v) is 7.79. The van der Waals surface area contributed by atoms with Crippen molar-refractivity contribution in [3.63, 3.8) is 0 Å². The van der Waals surface area contributed by atoms with E-state index in [4.69, 9.17) is 8.94 Å². The van der Waals surface area contributed by atoms with E-state index < -0.39 is 0 Å². The molecule has 1 aliphatic rings. The number of anilines is 1. The van der Waals surface area contributed by atoms with Crippen molar-refractivity contribution in [3.05, 3.63) is 54.0 Å². The molecule has 0 N–H and O–H groups in total. The number of nitrogens with zero attached hydrogens (tertiary/aromatic N) is 6. The number of aromatic nitrogens is 4. The average molecular weight is 418 g/mol. The predicted octanol–water partition coefficient (Wildman–Crippen LogP) is 3.36. The molecule has 0 radical (unpaired) electrons. The number of fused-ring (bicyclic) bond motifs is 1. The normalized spacial score (nSPS) is 14.5. The number of hydrogen-bond donors (Lipinski definition) is 0. The fourth-order valence-corrected chi connectivity index (χ4v) is 3.53. The van der Waals surface area contributed by atoms with Crippen LogP contribution in [-0.4, -0.2) is 57.1 Å². The zero-order chi connectivity index (χ0) is 21.4. The first-order chi connectivity index (χ1) is 15.1. The van der Waals surface area contributed by atoms with Gasteiger partial charge >= 0.3 is 0 Å². The van der Waals surface area contributed by atoms with Crippen molar-refractivity contribution < 1.29 is 13.7 Å². The molecule has 31 heavy (non-hydrogen) atoms. The lowest BCUT2D eigenvalue weighted by atomic mass is 10.1. The van der Waals surface area contributed by atoms with Gasteiger partial charge in [0.2, 0.25) is 17.4 Å². The summed E-state index contributed by atoms with van der Waals surface area (Å²) in [7, 11) is 0. The minimum Gasteiger partial charge on any atom is -0.404 e. The molecule has 0 saturated carbocycles. The van der Waals surface area contributed by atoms with Crippen LogP contribution in [0.25, 0.3) is 22.6 Å². The molecule has 1 amide bonds. The number of carbonyl (C=O) groups is 1. The Balaban J connectivity index is 1.23. The molecule has 0 bridgehead atoms. The number of pyridine rings is 1. The Morgan fingerprint density at radius 3 is 2.48 bits per heavy atom. The molecule has 1 fully saturated rings. The number of carbonyl (C=O) groups excluding carboxylic acids is 1. The molecule has 9 heteroatoms. The number of amides is 1. The monoisotopic (exact) mass is 418 g/mol. The summed E-state index contributed by atoms with van der Waals surface area (Å²) >= 11 is 0. The molecule has 1 aromatic carbocycles. The molecule has 0 aliphatic carbocycles. The van der Waals surface area contributed by atoms with Gasteiger partial charge in [-0.15, -0.1) is 0 Å². The lowest BCUT2D eigenvalue weighted by molar-refractivity contribution is 0.0745. The number of rotatable bonds is 4. The van der Waals surface area contributed by atoms with Crippen molar-refractivity contribution in [2.75, 3.05) is 31.1 Å². The summed E-state index contributed by atoms with van der Waals surface area (Å²) in [5.74, 6) is 1.31. The molecule has 4 aromatic rings. The second-order valence-electron chi connectivity index (χ2n) is 7.79. The Morgan fingerprint density at radius 1 is 1.03 bits per heavy atom. The van der Waals surface area contributed by atoms with E-state index in [1.54, 1.807) is 6.20 Å². The molecule has 158 valence electrons. The van der Waals surface area contributed by atoms with Crippen LogP contribution in [0, 0.1) is 0 Å². The lowest BCUT2D eigenvalue weighted by Crippen LogP contribution is -2.48. The molecule has 4 heterocycles. The van der Waals surface area contributed by atoms with E-state index in [1.807, 2.05) is 60.0 Å². The predicted molar refractivity (Wildman–Crippen MR) is 114 cm³/mol. The standard InChI is InChI=1S/C22H22N6O3/c1-14(2)19-25-18(26-31-19)15-5-7-16(8-6-15)21(29)27-10-12-28(13-11-27)22-24-17-4-3-9-23-20(17)30-22/h3-9,14H,10-13H2,1-2H3. The van der Waals surface area contributed by atoms with Crippen LogP contribution in [-0.2, 0) is 0 Å². The zero-order valence-electron chi connectivity index (χ0n) is 17.4. The van der Waals surface area contributed by atoms with Crippen LogP contribution in [0.5, 0.6) is 0 Å². The average Bonchev–Trinajstić information content (AvgIpc) is 3.46. The maximum absolute atomic E-state index is 12.9. The smallest absolute Gasteiger partial charge is 0.299 e. The Morgan fingerprint density at radius 2 is 1.81 bits per heavy atom. The SMILES string of the molecule is CC(C)c1nc(-c2ccc(C(=O)N3CCN(c4nc5cccnc5o4)CC3)cc2)no1. The summed E-state index contributed by atoms with van der Waals surface area (Å²) in [5.41, 5.74) is 2.72. The van der Waals surface area contributed by atoms with E-state index >= 15 is 0 Å². The summed E-state index contributed by atoms with van der Waals surface area (Å²) in [6, 6.07) is 11.6. The molecule has 0 spiro atoms. The molecule has 9 nitrogen and oxygen atoms in total. The third-order valence-electron chi connectivity index (χ3n) is 5.32. The van der Waals surface area contributed by atoms with Crippen LogP contribution in [0.15, 0.2) is 51.5 Å². The van der Waals surface area contributed by atoms with Crippen molar-refractivity contribution in [1.82, 2.24) is 25.0 Å². The van der Waals surface area contributed by atoms with Gasteiger partial charge in [0.15, 0.2) is 0 Å². The Labute approximate surface area is 178 Å². The molecular formula is C22H22N6O3. The van der Waals surface area contributed by atoms with Gasteiger partial charge in [-0.1, -0.05) is 31.1 Å². The van der Waals surface area contributed by atoms with Crippen LogP contribution < -0.4 is 4.90 Å². The first-order valence-electron chi connectivity index (χ1n) is 10.3.